The van der Waals surface area contributed by atoms with Crippen LogP contribution in [0.5, 0.6) is 0 Å². The summed E-state index contributed by atoms with van der Waals surface area (Å²) in [5, 5.41) is 10.6. The van der Waals surface area contributed by atoms with Gasteiger partial charge < -0.3 is 0 Å². The summed E-state index contributed by atoms with van der Waals surface area (Å²) in [4.78, 5) is 2.22. The third kappa shape index (κ3) is 4.74. The fraction of sp³-hybridized carbons (Fsp3) is 0.667. The van der Waals surface area contributed by atoms with Gasteiger partial charge in [0.25, 0.3) is 0 Å². The van der Waals surface area contributed by atoms with Crippen LogP contribution < -0.4 is 9.36 Å². The fourth-order valence-electron chi connectivity index (χ4n) is 2.99. The van der Waals surface area contributed by atoms with E-state index in [-0.39, 0.29) is 15.0 Å². The third-order valence-electron chi connectivity index (χ3n) is 4.20. The number of aliphatic hydroxyl groups is 1. The van der Waals surface area contributed by atoms with E-state index < -0.39 is 4.62 Å². The van der Waals surface area contributed by atoms with Crippen molar-refractivity contribution in [2.24, 2.45) is 0 Å². The normalized spacial score (nSPS) is 20.8. The predicted octanol–water partition coefficient (Wildman–Crippen LogP) is 3.64. The summed E-state index contributed by atoms with van der Waals surface area (Å²) in [5.41, 5.74) is 1.26. The molecule has 1 aliphatic heterocycles. The van der Waals surface area contributed by atoms with Crippen LogP contribution >= 0.6 is 0 Å². The van der Waals surface area contributed by atoms with Crippen molar-refractivity contribution in [2.75, 3.05) is 11.4 Å². The van der Waals surface area contributed by atoms with Gasteiger partial charge in [-0.3, -0.25) is 0 Å². The molecule has 0 aliphatic carbocycles. The first-order valence-corrected chi connectivity index (χ1v) is 10.1. The van der Waals surface area contributed by atoms with Gasteiger partial charge in [-0.1, -0.05) is 0 Å². The summed E-state index contributed by atoms with van der Waals surface area (Å²) in [7, 11) is 0. The molecule has 21 heavy (non-hydrogen) atoms. The van der Waals surface area contributed by atoms with Crippen LogP contribution in [0.1, 0.15) is 65.2 Å². The summed E-state index contributed by atoms with van der Waals surface area (Å²) in [5.74, 6) is 0. The Morgan fingerprint density at radius 3 is 2.33 bits per heavy atom. The van der Waals surface area contributed by atoms with Crippen LogP contribution in [0.2, 0.25) is 0 Å². The van der Waals surface area contributed by atoms with Gasteiger partial charge in [-0.25, -0.2) is 0 Å². The second kappa shape index (κ2) is 8.22. The summed E-state index contributed by atoms with van der Waals surface area (Å²) in [6, 6.07) is 8.48. The van der Waals surface area contributed by atoms with Gasteiger partial charge in [0.2, 0.25) is 0 Å². The zero-order valence-electron chi connectivity index (χ0n) is 13.5. The number of anilines is 1. The van der Waals surface area contributed by atoms with Crippen LogP contribution in [0.15, 0.2) is 24.3 Å². The van der Waals surface area contributed by atoms with E-state index in [4.69, 9.17) is 0 Å². The van der Waals surface area contributed by atoms with Crippen molar-refractivity contribution in [3.63, 3.8) is 0 Å². The molecule has 0 unspecified atom stereocenters. The van der Waals surface area contributed by atoms with E-state index in [9.17, 15) is 5.11 Å². The van der Waals surface area contributed by atoms with E-state index in [0.717, 1.165) is 6.54 Å². The third-order valence-corrected chi connectivity index (χ3v) is 6.65. The van der Waals surface area contributed by atoms with Gasteiger partial charge in [-0.15, -0.1) is 0 Å². The number of nitrogens with zero attached hydrogens (tertiary/aromatic N) is 1. The Labute approximate surface area is 136 Å². The van der Waals surface area contributed by atoms with Crippen molar-refractivity contribution in [1.29, 1.82) is 0 Å². The van der Waals surface area contributed by atoms with Gasteiger partial charge in [0, 0.05) is 0 Å². The van der Waals surface area contributed by atoms with Gasteiger partial charge in [-0.2, -0.15) is 0 Å². The SMILES string of the molecule is CCCCCCCCCCN1c2ccccc2[Se][C@@]1(C)O. The van der Waals surface area contributed by atoms with Crippen molar-refractivity contribution in [3.05, 3.63) is 24.3 Å². The summed E-state index contributed by atoms with van der Waals surface area (Å²) >= 11 is 0.143. The first kappa shape index (κ1) is 16.9. The molecule has 1 N–H and O–H groups in total. The van der Waals surface area contributed by atoms with E-state index in [1.54, 1.807) is 0 Å². The topological polar surface area (TPSA) is 23.5 Å². The van der Waals surface area contributed by atoms with Crippen molar-refractivity contribution in [3.8, 4) is 0 Å². The number of hydrogen-bond acceptors (Lipinski definition) is 2. The van der Waals surface area contributed by atoms with Crippen molar-refractivity contribution >= 4 is 25.1 Å². The van der Waals surface area contributed by atoms with Gasteiger partial charge in [0.05, 0.1) is 0 Å². The van der Waals surface area contributed by atoms with Crippen molar-refractivity contribution < 1.29 is 5.11 Å². The molecule has 2 nitrogen and oxygen atoms in total. The molecular weight excluding hydrogens is 325 g/mol. The molecular formula is C18H29NOSe. The standard InChI is InChI=1S/C18H29NOSe/c1-3-4-5-6-7-8-9-12-15-19-16-13-10-11-14-17(16)21-18(19,2)20/h10-11,13-14,20H,3-9,12,15H2,1-2H3/t18-/m1/s1. The maximum absolute atomic E-state index is 10.6. The first-order valence-electron chi connectivity index (χ1n) is 8.43. The number of unbranched alkanes of at least 4 members (excludes halogenated alkanes) is 7. The number of benzene rings is 1. The molecule has 3 heteroatoms. The number of fused-ring (bicyclic) bond motifs is 1. The molecule has 0 fully saturated rings. The van der Waals surface area contributed by atoms with E-state index >= 15 is 0 Å². The van der Waals surface area contributed by atoms with Gasteiger partial charge in [0.1, 0.15) is 0 Å². The van der Waals surface area contributed by atoms with Crippen LogP contribution in [-0.4, -0.2) is 31.2 Å². The van der Waals surface area contributed by atoms with Gasteiger partial charge in [0.15, 0.2) is 0 Å². The summed E-state index contributed by atoms with van der Waals surface area (Å²) in [6.45, 7) is 5.22. The number of para-hydroxylation sites is 1. The molecule has 2 rings (SSSR count). The van der Waals surface area contributed by atoms with Gasteiger partial charge >= 0.3 is 136 Å². The molecule has 0 saturated heterocycles. The summed E-state index contributed by atoms with van der Waals surface area (Å²) < 4.78 is 0.701. The average Bonchev–Trinajstić information content (AvgIpc) is 2.72. The molecule has 0 aromatic heterocycles. The molecule has 1 aliphatic rings. The van der Waals surface area contributed by atoms with Crippen LogP contribution in [0.25, 0.3) is 0 Å². The first-order chi connectivity index (χ1) is 10.1. The van der Waals surface area contributed by atoms with Crippen molar-refractivity contribution in [1.82, 2.24) is 0 Å². The molecule has 1 atom stereocenters. The van der Waals surface area contributed by atoms with E-state index in [2.05, 4.69) is 36.1 Å². The predicted molar refractivity (Wildman–Crippen MR) is 92.4 cm³/mol. The molecule has 1 heterocycles. The Morgan fingerprint density at radius 2 is 1.62 bits per heavy atom. The number of hydrogen-bond donors (Lipinski definition) is 1. The van der Waals surface area contributed by atoms with Crippen LogP contribution in [0, 0.1) is 0 Å². The molecule has 0 bridgehead atoms. The Hall–Kier alpha value is -0.501. The zero-order chi connectivity index (χ0) is 15.1. The van der Waals surface area contributed by atoms with Crippen LogP contribution in [0.4, 0.5) is 5.69 Å². The fourth-order valence-corrected chi connectivity index (χ4v) is 5.39. The molecule has 1 aromatic carbocycles. The Balaban J connectivity index is 1.70. The molecule has 0 spiro atoms. The molecule has 0 amide bonds. The average molecular weight is 354 g/mol. The van der Waals surface area contributed by atoms with E-state index in [0.29, 0.717) is 0 Å². The van der Waals surface area contributed by atoms with Crippen LogP contribution in [-0.2, 0) is 0 Å². The van der Waals surface area contributed by atoms with Gasteiger partial charge in [-0.05, 0) is 0 Å². The second-order valence-corrected chi connectivity index (χ2v) is 9.10. The minimum absolute atomic E-state index is 0.143. The van der Waals surface area contributed by atoms with E-state index in [1.165, 1.54) is 61.5 Å². The van der Waals surface area contributed by atoms with Crippen LogP contribution in [0.3, 0.4) is 0 Å². The minimum atomic E-state index is -0.641. The molecule has 0 saturated carbocycles. The second-order valence-electron chi connectivity index (χ2n) is 6.13. The Bertz CT molecular complexity index is 433. The quantitative estimate of drug-likeness (QED) is 0.541. The summed E-state index contributed by atoms with van der Waals surface area (Å²) in [6.07, 6.45) is 10.7. The van der Waals surface area contributed by atoms with Crippen molar-refractivity contribution in [2.45, 2.75) is 69.8 Å². The molecule has 118 valence electrons. The Kier molecular flexibility index (Phi) is 6.60. The molecule has 1 aromatic rings. The Morgan fingerprint density at radius 1 is 1.00 bits per heavy atom. The monoisotopic (exact) mass is 355 g/mol. The number of rotatable bonds is 9. The molecule has 0 radical (unpaired) electrons. The maximum atomic E-state index is 10.6. The zero-order valence-corrected chi connectivity index (χ0v) is 15.2. The van der Waals surface area contributed by atoms with E-state index in [1.807, 2.05) is 6.92 Å².